The van der Waals surface area contributed by atoms with Gasteiger partial charge < -0.3 is 9.15 Å². The molecule has 0 N–H and O–H groups in total. The van der Waals surface area contributed by atoms with Crippen LogP contribution in [-0.4, -0.2) is 12.1 Å². The van der Waals surface area contributed by atoms with Gasteiger partial charge in [0, 0.05) is 10.9 Å². The molecule has 3 nitrogen and oxygen atoms in total. The van der Waals surface area contributed by atoms with E-state index in [2.05, 4.69) is 20.9 Å². The first kappa shape index (κ1) is 12.2. The molecule has 0 aliphatic heterocycles. The average Bonchev–Trinajstić information content (AvgIpc) is 2.90. The second-order valence-electron chi connectivity index (χ2n) is 4.18. The Morgan fingerprint density at radius 2 is 1.95 bits per heavy atom. The number of hydrogen-bond acceptors (Lipinski definition) is 3. The number of ether oxygens (including phenoxy) is 1. The van der Waals surface area contributed by atoms with Crippen molar-refractivity contribution in [2.45, 2.75) is 5.33 Å². The Morgan fingerprint density at radius 3 is 2.63 bits per heavy atom. The molecule has 0 saturated heterocycles. The molecule has 1 heterocycles. The van der Waals surface area contributed by atoms with Gasteiger partial charge in [-0.25, -0.2) is 4.98 Å². The lowest BCUT2D eigenvalue weighted by molar-refractivity contribution is 0.415. The number of methoxy groups -OCH3 is 1. The van der Waals surface area contributed by atoms with Crippen LogP contribution in [0.4, 0.5) is 0 Å². The Bertz CT molecular complexity index is 704. The van der Waals surface area contributed by atoms with Gasteiger partial charge in [-0.15, -0.1) is 0 Å². The predicted molar refractivity (Wildman–Crippen MR) is 78.6 cm³/mol. The summed E-state index contributed by atoms with van der Waals surface area (Å²) in [5, 5.41) is 0.807. The summed E-state index contributed by atoms with van der Waals surface area (Å²) in [4.78, 5) is 4.49. The summed E-state index contributed by atoms with van der Waals surface area (Å²) in [5.41, 5.74) is 3.79. The fourth-order valence-electron chi connectivity index (χ4n) is 1.91. The molecule has 2 aromatic carbocycles. The minimum Gasteiger partial charge on any atom is -0.497 e. The second-order valence-corrected chi connectivity index (χ2v) is 4.74. The number of rotatable bonds is 3. The molecular formula is C15H12BrNO2. The van der Waals surface area contributed by atoms with Gasteiger partial charge in [0.25, 0.3) is 0 Å². The first-order chi connectivity index (χ1) is 9.30. The lowest BCUT2D eigenvalue weighted by Gasteiger charge is -1.99. The summed E-state index contributed by atoms with van der Waals surface area (Å²) in [5.74, 6) is 1.45. The Morgan fingerprint density at radius 1 is 1.16 bits per heavy atom. The van der Waals surface area contributed by atoms with E-state index in [1.54, 1.807) is 7.11 Å². The molecule has 96 valence electrons. The van der Waals surface area contributed by atoms with Crippen LogP contribution in [0.15, 0.2) is 46.9 Å². The van der Waals surface area contributed by atoms with Crippen molar-refractivity contribution in [1.29, 1.82) is 0 Å². The van der Waals surface area contributed by atoms with E-state index in [0.717, 1.165) is 27.7 Å². The third-order valence-corrected chi connectivity index (χ3v) is 3.59. The van der Waals surface area contributed by atoms with E-state index >= 15 is 0 Å². The summed E-state index contributed by atoms with van der Waals surface area (Å²) in [6.07, 6.45) is 0. The SMILES string of the molecule is COc1ccc(-c2nc3ccc(CBr)cc3o2)cc1. The summed E-state index contributed by atoms with van der Waals surface area (Å²) < 4.78 is 10.9. The van der Waals surface area contributed by atoms with Crippen LogP contribution in [0.25, 0.3) is 22.6 Å². The minimum atomic E-state index is 0.629. The van der Waals surface area contributed by atoms with Crippen molar-refractivity contribution >= 4 is 27.0 Å². The molecule has 0 aliphatic rings. The van der Waals surface area contributed by atoms with E-state index in [0.29, 0.717) is 5.89 Å². The number of oxazole rings is 1. The van der Waals surface area contributed by atoms with Gasteiger partial charge in [0.1, 0.15) is 11.3 Å². The van der Waals surface area contributed by atoms with Gasteiger partial charge in [-0.2, -0.15) is 0 Å². The minimum absolute atomic E-state index is 0.629. The number of benzene rings is 2. The standard InChI is InChI=1S/C15H12BrNO2/c1-18-12-5-3-11(4-6-12)15-17-13-7-2-10(9-16)8-14(13)19-15/h2-8H,9H2,1H3. The molecule has 0 unspecified atom stereocenters. The smallest absolute Gasteiger partial charge is 0.227 e. The molecule has 0 radical (unpaired) electrons. The Hall–Kier alpha value is -1.81. The summed E-state index contributed by atoms with van der Waals surface area (Å²) in [6.45, 7) is 0. The number of nitrogens with zero attached hydrogens (tertiary/aromatic N) is 1. The maximum Gasteiger partial charge on any atom is 0.227 e. The highest BCUT2D eigenvalue weighted by atomic mass is 79.9. The van der Waals surface area contributed by atoms with Crippen LogP contribution in [0, 0.1) is 0 Å². The highest BCUT2D eigenvalue weighted by molar-refractivity contribution is 9.08. The quantitative estimate of drug-likeness (QED) is 0.672. The molecule has 0 spiro atoms. The largest absolute Gasteiger partial charge is 0.497 e. The third-order valence-electron chi connectivity index (χ3n) is 2.94. The van der Waals surface area contributed by atoms with Crippen LogP contribution in [0.2, 0.25) is 0 Å². The summed E-state index contributed by atoms with van der Waals surface area (Å²) in [6, 6.07) is 13.7. The molecule has 0 bridgehead atoms. The molecule has 0 aliphatic carbocycles. The van der Waals surface area contributed by atoms with E-state index < -0.39 is 0 Å². The molecule has 4 heteroatoms. The van der Waals surface area contributed by atoms with Crippen molar-refractivity contribution in [1.82, 2.24) is 4.98 Å². The van der Waals surface area contributed by atoms with Crippen molar-refractivity contribution in [2.75, 3.05) is 7.11 Å². The Kier molecular flexibility index (Phi) is 3.25. The first-order valence-electron chi connectivity index (χ1n) is 5.90. The first-order valence-corrected chi connectivity index (χ1v) is 7.02. The van der Waals surface area contributed by atoms with Crippen molar-refractivity contribution in [3.63, 3.8) is 0 Å². The van der Waals surface area contributed by atoms with Crippen molar-refractivity contribution in [3.8, 4) is 17.2 Å². The van der Waals surface area contributed by atoms with Gasteiger partial charge in [-0.05, 0) is 42.0 Å². The molecule has 19 heavy (non-hydrogen) atoms. The Balaban J connectivity index is 2.04. The molecule has 1 aromatic heterocycles. The number of aromatic nitrogens is 1. The molecule has 0 amide bonds. The van der Waals surface area contributed by atoms with E-state index in [1.165, 1.54) is 5.56 Å². The van der Waals surface area contributed by atoms with Crippen molar-refractivity contribution < 1.29 is 9.15 Å². The monoisotopic (exact) mass is 317 g/mol. The fraction of sp³-hybridized carbons (Fsp3) is 0.133. The zero-order valence-electron chi connectivity index (χ0n) is 10.4. The van der Waals surface area contributed by atoms with E-state index in [9.17, 15) is 0 Å². The fourth-order valence-corrected chi connectivity index (χ4v) is 2.26. The van der Waals surface area contributed by atoms with Crippen LogP contribution in [0.5, 0.6) is 5.75 Å². The Labute approximate surface area is 119 Å². The molecule has 3 aromatic rings. The van der Waals surface area contributed by atoms with E-state index in [-0.39, 0.29) is 0 Å². The van der Waals surface area contributed by atoms with Gasteiger partial charge in [-0.3, -0.25) is 0 Å². The average molecular weight is 318 g/mol. The van der Waals surface area contributed by atoms with Crippen molar-refractivity contribution in [2.24, 2.45) is 0 Å². The zero-order chi connectivity index (χ0) is 13.2. The number of fused-ring (bicyclic) bond motifs is 1. The van der Waals surface area contributed by atoms with Crippen LogP contribution < -0.4 is 4.74 Å². The van der Waals surface area contributed by atoms with Crippen LogP contribution in [0.1, 0.15) is 5.56 Å². The highest BCUT2D eigenvalue weighted by Gasteiger charge is 2.08. The normalized spacial score (nSPS) is 10.8. The van der Waals surface area contributed by atoms with Gasteiger partial charge in [0.05, 0.1) is 7.11 Å². The van der Waals surface area contributed by atoms with Crippen LogP contribution in [0.3, 0.4) is 0 Å². The van der Waals surface area contributed by atoms with Crippen molar-refractivity contribution in [3.05, 3.63) is 48.0 Å². The third kappa shape index (κ3) is 2.36. The van der Waals surface area contributed by atoms with E-state index in [4.69, 9.17) is 9.15 Å². The zero-order valence-corrected chi connectivity index (χ0v) is 12.0. The molecule has 0 fully saturated rings. The molecular weight excluding hydrogens is 306 g/mol. The van der Waals surface area contributed by atoms with Gasteiger partial charge in [-0.1, -0.05) is 22.0 Å². The lowest BCUT2D eigenvalue weighted by atomic mass is 10.2. The predicted octanol–water partition coefficient (Wildman–Crippen LogP) is 4.40. The summed E-state index contributed by atoms with van der Waals surface area (Å²) >= 11 is 3.43. The van der Waals surface area contributed by atoms with Crippen LogP contribution in [-0.2, 0) is 5.33 Å². The molecule has 0 saturated carbocycles. The second kappa shape index (κ2) is 5.05. The topological polar surface area (TPSA) is 35.3 Å². The molecule has 0 atom stereocenters. The number of alkyl halides is 1. The lowest BCUT2D eigenvalue weighted by Crippen LogP contribution is -1.82. The van der Waals surface area contributed by atoms with E-state index in [1.807, 2.05) is 42.5 Å². The highest BCUT2D eigenvalue weighted by Crippen LogP contribution is 2.26. The van der Waals surface area contributed by atoms with Gasteiger partial charge >= 0.3 is 0 Å². The molecule has 3 rings (SSSR count). The number of hydrogen-bond donors (Lipinski definition) is 0. The number of halogens is 1. The van der Waals surface area contributed by atoms with Gasteiger partial charge in [0.15, 0.2) is 5.58 Å². The maximum atomic E-state index is 5.80. The van der Waals surface area contributed by atoms with Gasteiger partial charge in [0.2, 0.25) is 5.89 Å². The van der Waals surface area contributed by atoms with Crippen LogP contribution >= 0.6 is 15.9 Å². The maximum absolute atomic E-state index is 5.80. The summed E-state index contributed by atoms with van der Waals surface area (Å²) in [7, 11) is 1.65.